The van der Waals surface area contributed by atoms with E-state index in [9.17, 15) is 9.59 Å². The van der Waals surface area contributed by atoms with Crippen molar-refractivity contribution in [1.82, 2.24) is 4.90 Å². The minimum atomic E-state index is -0.259. The summed E-state index contributed by atoms with van der Waals surface area (Å²) < 4.78 is 12.0. The zero-order chi connectivity index (χ0) is 30.0. The van der Waals surface area contributed by atoms with E-state index in [2.05, 4.69) is 30.3 Å². The molecule has 0 unspecified atom stereocenters. The monoisotopic (exact) mass is 594 g/mol. The number of para-hydroxylation sites is 2. The summed E-state index contributed by atoms with van der Waals surface area (Å²) in [6.07, 6.45) is 17.4. The average Bonchev–Trinajstić information content (AvgIpc) is 3.39. The first-order chi connectivity index (χ1) is 20.5. The summed E-state index contributed by atoms with van der Waals surface area (Å²) in [6.45, 7) is 6.95. The third-order valence-corrected chi connectivity index (χ3v) is 8.47. The Morgan fingerprint density at radius 3 is 2.17 bits per heavy atom. The quantitative estimate of drug-likeness (QED) is 0.115. The molecule has 1 heterocycles. The number of nitrogens with one attached hydrogen (secondary N) is 1. The molecule has 0 saturated carbocycles. The lowest BCUT2D eigenvalue weighted by atomic mass is 10.1. The minimum absolute atomic E-state index is 0.0899. The van der Waals surface area contributed by atoms with Crippen LogP contribution in [-0.2, 0) is 11.3 Å². The van der Waals surface area contributed by atoms with Crippen LogP contribution in [0.3, 0.4) is 0 Å². The molecular formula is C35H50N2O4S. The predicted octanol–water partition coefficient (Wildman–Crippen LogP) is 9.35. The Morgan fingerprint density at radius 2 is 1.52 bits per heavy atom. The van der Waals surface area contributed by atoms with Crippen molar-refractivity contribution in [3.8, 4) is 11.5 Å². The van der Waals surface area contributed by atoms with Crippen molar-refractivity contribution >= 4 is 29.1 Å². The predicted molar refractivity (Wildman–Crippen MR) is 175 cm³/mol. The zero-order valence-electron chi connectivity index (χ0n) is 25.9. The highest BCUT2D eigenvalue weighted by molar-refractivity contribution is 8.03. The Labute approximate surface area is 257 Å². The number of unbranched alkanes of at least 4 members (excludes halogenated alkanes) is 11. The third kappa shape index (κ3) is 12.1. The number of hydrogen-bond donors (Lipinski definition) is 1. The van der Waals surface area contributed by atoms with E-state index >= 15 is 0 Å². The number of carbonyl (C=O) groups is 2. The van der Waals surface area contributed by atoms with Crippen LogP contribution in [0.15, 0.2) is 53.6 Å². The summed E-state index contributed by atoms with van der Waals surface area (Å²) >= 11 is 1.81. The van der Waals surface area contributed by atoms with E-state index in [1.54, 1.807) is 18.2 Å². The van der Waals surface area contributed by atoms with E-state index < -0.39 is 0 Å². The molecule has 1 N–H and O–H groups in total. The summed E-state index contributed by atoms with van der Waals surface area (Å²) in [6, 6.07) is 13.1. The molecule has 3 rings (SSSR count). The summed E-state index contributed by atoms with van der Waals surface area (Å²) in [5.74, 6) is 1.40. The van der Waals surface area contributed by atoms with Gasteiger partial charge in [-0.3, -0.25) is 9.59 Å². The number of benzene rings is 2. The fraction of sp³-hybridized carbons (Fsp3) is 0.543. The molecule has 0 radical (unpaired) electrons. The number of thioether (sulfide) groups is 1. The summed E-state index contributed by atoms with van der Waals surface area (Å²) in [5, 5.41) is 2.99. The second kappa shape index (κ2) is 19.3. The summed E-state index contributed by atoms with van der Waals surface area (Å²) in [5.41, 5.74) is 2.29. The lowest BCUT2D eigenvalue weighted by Crippen LogP contribution is -2.22. The Balaban J connectivity index is 1.43. The maximum Gasteiger partial charge on any atom is 0.262 e. The molecule has 0 spiro atoms. The molecule has 0 bridgehead atoms. The highest BCUT2D eigenvalue weighted by Gasteiger charge is 2.17. The molecule has 0 atom stereocenters. The van der Waals surface area contributed by atoms with Gasteiger partial charge in [0.15, 0.2) is 23.9 Å². The topological polar surface area (TPSA) is 67.9 Å². The molecule has 0 fully saturated rings. The van der Waals surface area contributed by atoms with E-state index in [0.29, 0.717) is 23.7 Å². The van der Waals surface area contributed by atoms with Crippen molar-refractivity contribution in [2.24, 2.45) is 0 Å². The number of anilines is 1. The normalized spacial score (nSPS) is 12.7. The van der Waals surface area contributed by atoms with Gasteiger partial charge in [-0.2, -0.15) is 0 Å². The molecule has 1 aliphatic rings. The van der Waals surface area contributed by atoms with Crippen LogP contribution in [0.25, 0.3) is 0 Å². The van der Waals surface area contributed by atoms with Gasteiger partial charge in [0.25, 0.3) is 5.91 Å². The van der Waals surface area contributed by atoms with Gasteiger partial charge >= 0.3 is 0 Å². The van der Waals surface area contributed by atoms with Crippen LogP contribution in [-0.4, -0.2) is 35.7 Å². The maximum atomic E-state index is 12.9. The highest BCUT2D eigenvalue weighted by atomic mass is 32.2. The number of allylic oxidation sites excluding steroid dienone is 1. The fourth-order valence-corrected chi connectivity index (χ4v) is 5.87. The van der Waals surface area contributed by atoms with Crippen molar-refractivity contribution in [3.05, 3.63) is 64.7 Å². The Morgan fingerprint density at radius 1 is 0.857 bits per heavy atom. The van der Waals surface area contributed by atoms with E-state index in [-0.39, 0.29) is 18.3 Å². The number of Topliss-reactive ketones (excluding diaryl/α,β-unsaturated/α-hetero) is 1. The molecule has 0 aliphatic carbocycles. The zero-order valence-corrected chi connectivity index (χ0v) is 26.7. The van der Waals surface area contributed by atoms with Crippen LogP contribution in [0, 0.1) is 0 Å². The molecule has 0 saturated heterocycles. The van der Waals surface area contributed by atoms with Gasteiger partial charge in [0.1, 0.15) is 0 Å². The number of carbonyl (C=O) groups excluding carboxylic acids is 2. The fourth-order valence-electron chi connectivity index (χ4n) is 5.11. The smallest absolute Gasteiger partial charge is 0.262 e. The maximum absolute atomic E-state index is 12.9. The summed E-state index contributed by atoms with van der Waals surface area (Å²) in [7, 11) is 0. The molecule has 2 aromatic carbocycles. The molecule has 6 nitrogen and oxygen atoms in total. The number of nitrogens with zero attached hydrogens (tertiary/aromatic N) is 1. The molecular weight excluding hydrogens is 544 g/mol. The molecule has 1 aliphatic heterocycles. The second-order valence-electron chi connectivity index (χ2n) is 11.2. The van der Waals surface area contributed by atoms with Crippen molar-refractivity contribution in [2.75, 3.05) is 24.4 Å². The standard InChI is InChI=1S/C35H50N2O4S/c1-4-5-6-7-8-9-10-11-12-13-14-17-23-40-35-31(29(3)38)20-18-22-33(35)41-26-34(39)36-32-21-16-15-19-30(32)25-37-24-28(2)42-27-37/h15-16,18-22,24H,4-14,17,23,25-27H2,1-3H3,(H,36,39). The van der Waals surface area contributed by atoms with E-state index in [1.165, 1.54) is 76.0 Å². The van der Waals surface area contributed by atoms with Crippen molar-refractivity contribution in [3.63, 3.8) is 0 Å². The number of ketones is 1. The first-order valence-corrected chi connectivity index (χ1v) is 16.8. The van der Waals surface area contributed by atoms with Gasteiger partial charge in [-0.15, -0.1) is 11.8 Å². The molecule has 42 heavy (non-hydrogen) atoms. The first kappa shape index (κ1) is 33.6. The summed E-state index contributed by atoms with van der Waals surface area (Å²) in [4.78, 5) is 28.7. The van der Waals surface area contributed by atoms with Gasteiger partial charge in [0, 0.05) is 18.4 Å². The van der Waals surface area contributed by atoms with E-state index in [1.807, 2.05) is 36.0 Å². The number of amides is 1. The van der Waals surface area contributed by atoms with Gasteiger partial charge in [0.05, 0.1) is 18.0 Å². The van der Waals surface area contributed by atoms with Crippen LogP contribution in [0.5, 0.6) is 11.5 Å². The van der Waals surface area contributed by atoms with Crippen molar-refractivity contribution in [1.29, 1.82) is 0 Å². The second-order valence-corrected chi connectivity index (χ2v) is 12.4. The molecule has 0 aromatic heterocycles. The first-order valence-electron chi connectivity index (χ1n) is 15.8. The van der Waals surface area contributed by atoms with E-state index in [0.717, 1.165) is 36.5 Å². The van der Waals surface area contributed by atoms with E-state index in [4.69, 9.17) is 9.47 Å². The highest BCUT2D eigenvalue weighted by Crippen LogP contribution is 2.32. The Hall–Kier alpha value is -2.93. The van der Waals surface area contributed by atoms with Crippen molar-refractivity contribution in [2.45, 2.75) is 104 Å². The minimum Gasteiger partial charge on any atom is -0.489 e. The van der Waals surface area contributed by atoms with Gasteiger partial charge in [-0.05, 0) is 48.9 Å². The molecule has 230 valence electrons. The lowest BCUT2D eigenvalue weighted by Gasteiger charge is -2.18. The largest absolute Gasteiger partial charge is 0.489 e. The molecule has 1 amide bonds. The Bertz CT molecular complexity index is 1150. The number of rotatable bonds is 21. The third-order valence-electron chi connectivity index (χ3n) is 7.45. The van der Waals surface area contributed by atoms with Crippen LogP contribution in [0.1, 0.15) is 114 Å². The van der Waals surface area contributed by atoms with Gasteiger partial charge in [0.2, 0.25) is 0 Å². The van der Waals surface area contributed by atoms with Crippen LogP contribution in [0.4, 0.5) is 5.69 Å². The molecule has 7 heteroatoms. The van der Waals surface area contributed by atoms with Crippen molar-refractivity contribution < 1.29 is 19.1 Å². The lowest BCUT2D eigenvalue weighted by molar-refractivity contribution is -0.118. The van der Waals surface area contributed by atoms with Crippen LogP contribution in [0.2, 0.25) is 0 Å². The number of hydrogen-bond acceptors (Lipinski definition) is 6. The average molecular weight is 595 g/mol. The molecule has 2 aromatic rings. The number of ether oxygens (including phenoxy) is 2. The Kier molecular flexibility index (Phi) is 15.4. The van der Waals surface area contributed by atoms with Crippen LogP contribution < -0.4 is 14.8 Å². The van der Waals surface area contributed by atoms with Gasteiger partial charge < -0.3 is 19.7 Å². The van der Waals surface area contributed by atoms with Gasteiger partial charge in [-0.25, -0.2) is 0 Å². The SMILES string of the molecule is CCCCCCCCCCCCCCOc1c(OCC(=O)Nc2ccccc2CN2C=C(C)SC2)cccc1C(C)=O. The van der Waals surface area contributed by atoms with Gasteiger partial charge in [-0.1, -0.05) is 102 Å². The van der Waals surface area contributed by atoms with Crippen LogP contribution >= 0.6 is 11.8 Å².